The lowest BCUT2D eigenvalue weighted by atomic mass is 9.81. The average Bonchev–Trinajstić information content (AvgIpc) is 2.17. The topological polar surface area (TPSA) is 46.5 Å². The minimum atomic E-state index is -0.753. The standard InChI is InChI=1S/C14H18O3/c1-14(2,13(15)16)7-10-5-3-4-6-12(10)11-8-17-9-11/h3-6,11H,7-9H2,1-2H3,(H,15,16). The molecule has 0 spiro atoms. The minimum absolute atomic E-state index is 0.441. The molecule has 0 aliphatic carbocycles. The predicted molar refractivity (Wildman–Crippen MR) is 65.1 cm³/mol. The molecule has 1 N–H and O–H groups in total. The van der Waals surface area contributed by atoms with Gasteiger partial charge in [0.05, 0.1) is 18.6 Å². The molecule has 0 saturated carbocycles. The smallest absolute Gasteiger partial charge is 0.309 e. The van der Waals surface area contributed by atoms with Gasteiger partial charge in [0.1, 0.15) is 0 Å². The van der Waals surface area contributed by atoms with Crippen LogP contribution in [0.2, 0.25) is 0 Å². The van der Waals surface area contributed by atoms with E-state index in [0.717, 1.165) is 18.8 Å². The van der Waals surface area contributed by atoms with Crippen LogP contribution in [-0.4, -0.2) is 24.3 Å². The molecule has 1 heterocycles. The van der Waals surface area contributed by atoms with Crippen LogP contribution in [0, 0.1) is 5.41 Å². The first-order valence-electron chi connectivity index (χ1n) is 5.89. The highest BCUT2D eigenvalue weighted by atomic mass is 16.5. The molecule has 92 valence electrons. The van der Waals surface area contributed by atoms with E-state index < -0.39 is 11.4 Å². The molecule has 1 aromatic carbocycles. The van der Waals surface area contributed by atoms with Crippen molar-refractivity contribution in [3.05, 3.63) is 35.4 Å². The Morgan fingerprint density at radius 1 is 1.41 bits per heavy atom. The molecule has 0 bridgehead atoms. The summed E-state index contributed by atoms with van der Waals surface area (Å²) in [4.78, 5) is 11.2. The van der Waals surface area contributed by atoms with E-state index in [9.17, 15) is 9.90 Å². The molecule has 3 nitrogen and oxygen atoms in total. The molecular weight excluding hydrogens is 216 g/mol. The molecule has 0 amide bonds. The van der Waals surface area contributed by atoms with Crippen molar-refractivity contribution in [1.82, 2.24) is 0 Å². The van der Waals surface area contributed by atoms with E-state index in [1.54, 1.807) is 13.8 Å². The van der Waals surface area contributed by atoms with Gasteiger partial charge in [-0.1, -0.05) is 24.3 Å². The van der Waals surface area contributed by atoms with Crippen LogP contribution in [0.1, 0.15) is 30.9 Å². The largest absolute Gasteiger partial charge is 0.481 e. The molecule has 1 aliphatic rings. The van der Waals surface area contributed by atoms with E-state index in [-0.39, 0.29) is 0 Å². The summed E-state index contributed by atoms with van der Waals surface area (Å²) >= 11 is 0. The van der Waals surface area contributed by atoms with Crippen LogP contribution >= 0.6 is 0 Å². The normalized spacial score (nSPS) is 16.6. The summed E-state index contributed by atoms with van der Waals surface area (Å²) in [5.74, 6) is -0.312. The summed E-state index contributed by atoms with van der Waals surface area (Å²) in [6.07, 6.45) is 0.564. The Morgan fingerprint density at radius 2 is 2.06 bits per heavy atom. The Hall–Kier alpha value is -1.35. The summed E-state index contributed by atoms with van der Waals surface area (Å²) in [7, 11) is 0. The van der Waals surface area contributed by atoms with Crippen molar-refractivity contribution >= 4 is 5.97 Å². The minimum Gasteiger partial charge on any atom is -0.481 e. The number of rotatable bonds is 4. The third-order valence-electron chi connectivity index (χ3n) is 3.34. The highest BCUT2D eigenvalue weighted by Crippen LogP contribution is 2.31. The van der Waals surface area contributed by atoms with Crippen molar-refractivity contribution < 1.29 is 14.6 Å². The zero-order chi connectivity index (χ0) is 12.5. The lowest BCUT2D eigenvalue weighted by Gasteiger charge is -2.30. The van der Waals surface area contributed by atoms with Gasteiger partial charge in [-0.05, 0) is 31.4 Å². The molecule has 1 aliphatic heterocycles. The van der Waals surface area contributed by atoms with Crippen molar-refractivity contribution in [2.75, 3.05) is 13.2 Å². The summed E-state index contributed by atoms with van der Waals surface area (Å²) in [6.45, 7) is 5.04. The third kappa shape index (κ3) is 2.50. The highest BCUT2D eigenvalue weighted by molar-refractivity contribution is 5.74. The summed E-state index contributed by atoms with van der Waals surface area (Å²) < 4.78 is 5.21. The van der Waals surface area contributed by atoms with Crippen LogP contribution in [0.4, 0.5) is 0 Å². The summed E-state index contributed by atoms with van der Waals surface area (Å²) in [5, 5.41) is 9.18. The molecule has 17 heavy (non-hydrogen) atoms. The van der Waals surface area contributed by atoms with Crippen LogP contribution in [0.25, 0.3) is 0 Å². The number of hydrogen-bond donors (Lipinski definition) is 1. The van der Waals surface area contributed by atoms with Crippen LogP contribution in [0.15, 0.2) is 24.3 Å². The second kappa shape index (κ2) is 4.49. The Kier molecular flexibility index (Phi) is 3.20. The Morgan fingerprint density at radius 3 is 2.59 bits per heavy atom. The predicted octanol–water partition coefficient (Wildman–Crippen LogP) is 2.45. The lowest BCUT2D eigenvalue weighted by molar-refractivity contribution is -0.146. The van der Waals surface area contributed by atoms with E-state index in [1.807, 2.05) is 18.2 Å². The maximum Gasteiger partial charge on any atom is 0.309 e. The Labute approximate surface area is 101 Å². The zero-order valence-electron chi connectivity index (χ0n) is 10.3. The molecule has 1 fully saturated rings. The molecule has 0 unspecified atom stereocenters. The van der Waals surface area contributed by atoms with E-state index in [1.165, 1.54) is 5.56 Å². The van der Waals surface area contributed by atoms with Gasteiger partial charge < -0.3 is 9.84 Å². The second-order valence-corrected chi connectivity index (χ2v) is 5.30. The van der Waals surface area contributed by atoms with Crippen LogP contribution in [-0.2, 0) is 16.0 Å². The van der Waals surface area contributed by atoms with Gasteiger partial charge in [-0.15, -0.1) is 0 Å². The zero-order valence-corrected chi connectivity index (χ0v) is 10.3. The van der Waals surface area contributed by atoms with Gasteiger partial charge in [0, 0.05) is 5.92 Å². The maximum absolute atomic E-state index is 11.2. The molecule has 1 saturated heterocycles. The van der Waals surface area contributed by atoms with Crippen molar-refractivity contribution in [3.63, 3.8) is 0 Å². The summed E-state index contributed by atoms with van der Waals surface area (Å²) in [6, 6.07) is 8.08. The van der Waals surface area contributed by atoms with Gasteiger partial charge in [0.2, 0.25) is 0 Å². The van der Waals surface area contributed by atoms with E-state index in [4.69, 9.17) is 4.74 Å². The van der Waals surface area contributed by atoms with E-state index in [0.29, 0.717) is 12.3 Å². The van der Waals surface area contributed by atoms with Crippen molar-refractivity contribution in [2.24, 2.45) is 5.41 Å². The fourth-order valence-electron chi connectivity index (χ4n) is 2.06. The van der Waals surface area contributed by atoms with Crippen molar-refractivity contribution in [2.45, 2.75) is 26.2 Å². The van der Waals surface area contributed by atoms with Gasteiger partial charge in [-0.2, -0.15) is 0 Å². The number of carboxylic acids is 1. The molecule has 2 rings (SSSR count). The van der Waals surface area contributed by atoms with Crippen LogP contribution in [0.5, 0.6) is 0 Å². The van der Waals surface area contributed by atoms with Gasteiger partial charge in [-0.3, -0.25) is 4.79 Å². The maximum atomic E-state index is 11.2. The first kappa shape index (κ1) is 12.1. The molecular formula is C14H18O3. The average molecular weight is 234 g/mol. The molecule has 0 aromatic heterocycles. The second-order valence-electron chi connectivity index (χ2n) is 5.30. The monoisotopic (exact) mass is 234 g/mol. The van der Waals surface area contributed by atoms with Crippen LogP contribution < -0.4 is 0 Å². The number of carboxylic acid groups (broad SMARTS) is 1. The van der Waals surface area contributed by atoms with Crippen molar-refractivity contribution in [1.29, 1.82) is 0 Å². The number of ether oxygens (including phenoxy) is 1. The molecule has 0 radical (unpaired) electrons. The Bertz CT molecular complexity index is 419. The van der Waals surface area contributed by atoms with Gasteiger partial charge in [-0.25, -0.2) is 0 Å². The quantitative estimate of drug-likeness (QED) is 0.870. The van der Waals surface area contributed by atoms with Gasteiger partial charge in [0.25, 0.3) is 0 Å². The number of carbonyl (C=O) groups is 1. The molecule has 1 aromatic rings. The highest BCUT2D eigenvalue weighted by Gasteiger charge is 2.30. The number of aliphatic carboxylic acids is 1. The molecule has 0 atom stereocenters. The SMILES string of the molecule is CC(C)(Cc1ccccc1C1COC1)C(=O)O. The number of hydrogen-bond acceptors (Lipinski definition) is 2. The third-order valence-corrected chi connectivity index (χ3v) is 3.34. The van der Waals surface area contributed by atoms with Gasteiger partial charge in [0.15, 0.2) is 0 Å². The van der Waals surface area contributed by atoms with Crippen molar-refractivity contribution in [3.8, 4) is 0 Å². The van der Waals surface area contributed by atoms with E-state index >= 15 is 0 Å². The fraction of sp³-hybridized carbons (Fsp3) is 0.500. The molecule has 3 heteroatoms. The van der Waals surface area contributed by atoms with Gasteiger partial charge >= 0.3 is 5.97 Å². The van der Waals surface area contributed by atoms with Crippen LogP contribution in [0.3, 0.4) is 0 Å². The fourth-order valence-corrected chi connectivity index (χ4v) is 2.06. The first-order valence-corrected chi connectivity index (χ1v) is 5.89. The summed E-state index contributed by atoms with van der Waals surface area (Å²) in [5.41, 5.74) is 1.65. The van der Waals surface area contributed by atoms with E-state index in [2.05, 4.69) is 6.07 Å². The first-order chi connectivity index (χ1) is 8.00. The number of benzene rings is 1. The lowest BCUT2D eigenvalue weighted by Crippen LogP contribution is -2.29. The Balaban J connectivity index is 2.23.